The lowest BCUT2D eigenvalue weighted by Gasteiger charge is -2.18. The molecule has 2 aromatic carbocycles. The summed E-state index contributed by atoms with van der Waals surface area (Å²) < 4.78 is 0.673. The van der Waals surface area contributed by atoms with Gasteiger partial charge in [-0.2, -0.15) is 5.26 Å². The van der Waals surface area contributed by atoms with Gasteiger partial charge >= 0.3 is 0 Å². The highest BCUT2D eigenvalue weighted by Crippen LogP contribution is 2.23. The van der Waals surface area contributed by atoms with Crippen LogP contribution in [0.25, 0.3) is 0 Å². The summed E-state index contributed by atoms with van der Waals surface area (Å²) in [6.07, 6.45) is 0. The second-order valence-electron chi connectivity index (χ2n) is 4.59. The molecular formula is C16H12BrClN2O. The average molecular weight is 364 g/mol. The van der Waals surface area contributed by atoms with Crippen LogP contribution in [0, 0.1) is 11.3 Å². The lowest BCUT2D eigenvalue weighted by atomic mass is 10.1. The maximum atomic E-state index is 12.4. The SMILES string of the molecule is CN(Cc1ccc(C#N)cc1)C(=O)c1ccc(Cl)cc1Br. The minimum Gasteiger partial charge on any atom is -0.337 e. The molecule has 106 valence electrons. The molecule has 0 heterocycles. The molecule has 2 aromatic rings. The van der Waals surface area contributed by atoms with E-state index in [4.69, 9.17) is 16.9 Å². The van der Waals surface area contributed by atoms with Crippen molar-refractivity contribution in [3.05, 3.63) is 68.7 Å². The zero-order valence-corrected chi connectivity index (χ0v) is 13.6. The third-order valence-electron chi connectivity index (χ3n) is 3.01. The molecule has 0 unspecified atom stereocenters. The van der Waals surface area contributed by atoms with E-state index in [1.165, 1.54) is 0 Å². The first-order valence-electron chi connectivity index (χ1n) is 6.21. The highest BCUT2D eigenvalue weighted by molar-refractivity contribution is 9.10. The van der Waals surface area contributed by atoms with Gasteiger partial charge in [0.2, 0.25) is 0 Å². The van der Waals surface area contributed by atoms with Crippen LogP contribution in [-0.4, -0.2) is 17.9 Å². The van der Waals surface area contributed by atoms with Gasteiger partial charge in [-0.3, -0.25) is 4.79 Å². The van der Waals surface area contributed by atoms with Crippen LogP contribution in [0.5, 0.6) is 0 Å². The number of hydrogen-bond acceptors (Lipinski definition) is 2. The van der Waals surface area contributed by atoms with E-state index < -0.39 is 0 Å². The third kappa shape index (κ3) is 3.84. The number of hydrogen-bond donors (Lipinski definition) is 0. The largest absolute Gasteiger partial charge is 0.337 e. The normalized spacial score (nSPS) is 10.0. The quantitative estimate of drug-likeness (QED) is 0.818. The van der Waals surface area contributed by atoms with Crippen LogP contribution >= 0.6 is 27.5 Å². The fraction of sp³-hybridized carbons (Fsp3) is 0.125. The van der Waals surface area contributed by atoms with Crippen LogP contribution < -0.4 is 0 Å². The molecule has 0 radical (unpaired) electrons. The van der Waals surface area contributed by atoms with Crippen molar-refractivity contribution < 1.29 is 4.79 Å². The Morgan fingerprint density at radius 3 is 2.52 bits per heavy atom. The molecule has 0 aliphatic carbocycles. The number of nitriles is 1. The smallest absolute Gasteiger partial charge is 0.255 e. The Morgan fingerprint density at radius 1 is 1.29 bits per heavy atom. The summed E-state index contributed by atoms with van der Waals surface area (Å²) in [4.78, 5) is 14.0. The molecule has 5 heteroatoms. The summed E-state index contributed by atoms with van der Waals surface area (Å²) >= 11 is 9.23. The van der Waals surface area contributed by atoms with Crippen molar-refractivity contribution in [3.63, 3.8) is 0 Å². The van der Waals surface area contributed by atoms with Crippen molar-refractivity contribution in [2.24, 2.45) is 0 Å². The topological polar surface area (TPSA) is 44.1 Å². The molecule has 0 fully saturated rings. The van der Waals surface area contributed by atoms with Crippen molar-refractivity contribution >= 4 is 33.4 Å². The van der Waals surface area contributed by atoms with Gasteiger partial charge in [-0.1, -0.05) is 23.7 Å². The molecule has 3 nitrogen and oxygen atoms in total. The van der Waals surface area contributed by atoms with E-state index in [9.17, 15) is 4.79 Å². The zero-order valence-electron chi connectivity index (χ0n) is 11.3. The van der Waals surface area contributed by atoms with E-state index in [0.29, 0.717) is 27.2 Å². The van der Waals surface area contributed by atoms with E-state index in [1.807, 2.05) is 12.1 Å². The Morgan fingerprint density at radius 2 is 1.95 bits per heavy atom. The van der Waals surface area contributed by atoms with Crippen molar-refractivity contribution in [2.45, 2.75) is 6.54 Å². The third-order valence-corrected chi connectivity index (χ3v) is 3.90. The lowest BCUT2D eigenvalue weighted by molar-refractivity contribution is 0.0784. The first-order valence-corrected chi connectivity index (χ1v) is 7.38. The Kier molecular flexibility index (Phi) is 5.00. The van der Waals surface area contributed by atoms with Crippen molar-refractivity contribution in [3.8, 4) is 6.07 Å². The van der Waals surface area contributed by atoms with E-state index in [1.54, 1.807) is 42.3 Å². The van der Waals surface area contributed by atoms with Gasteiger partial charge in [-0.25, -0.2) is 0 Å². The first-order chi connectivity index (χ1) is 10.0. The minimum absolute atomic E-state index is 0.0945. The molecule has 21 heavy (non-hydrogen) atoms. The van der Waals surface area contributed by atoms with Crippen LogP contribution in [0.2, 0.25) is 5.02 Å². The molecule has 0 atom stereocenters. The monoisotopic (exact) mass is 362 g/mol. The molecule has 0 saturated heterocycles. The predicted molar refractivity (Wildman–Crippen MR) is 86.1 cm³/mol. The molecule has 0 aliphatic rings. The number of carbonyl (C=O) groups is 1. The molecule has 1 amide bonds. The second kappa shape index (κ2) is 6.75. The summed E-state index contributed by atoms with van der Waals surface area (Å²) in [6, 6.07) is 14.3. The Balaban J connectivity index is 2.13. The highest BCUT2D eigenvalue weighted by atomic mass is 79.9. The van der Waals surface area contributed by atoms with Gasteiger partial charge < -0.3 is 4.90 Å². The molecule has 0 spiro atoms. The molecule has 0 N–H and O–H groups in total. The van der Waals surface area contributed by atoms with Gasteiger partial charge in [0.15, 0.2) is 0 Å². The Hall–Kier alpha value is -1.83. The Labute approximate surface area is 136 Å². The maximum Gasteiger partial charge on any atom is 0.255 e. The molecule has 0 bridgehead atoms. The van der Waals surface area contributed by atoms with Crippen LogP contribution in [0.1, 0.15) is 21.5 Å². The molecule has 2 rings (SSSR count). The summed E-state index contributed by atoms with van der Waals surface area (Å²) in [6.45, 7) is 0.472. The van der Waals surface area contributed by atoms with Crippen LogP contribution in [0.15, 0.2) is 46.9 Å². The molecule has 0 aromatic heterocycles. The van der Waals surface area contributed by atoms with E-state index in [-0.39, 0.29) is 5.91 Å². The van der Waals surface area contributed by atoms with Gasteiger partial charge in [-0.05, 0) is 51.8 Å². The zero-order chi connectivity index (χ0) is 15.4. The summed E-state index contributed by atoms with van der Waals surface area (Å²) in [5.74, 6) is -0.0945. The molecule has 0 saturated carbocycles. The first kappa shape index (κ1) is 15.6. The fourth-order valence-corrected chi connectivity index (χ4v) is 2.75. The van der Waals surface area contributed by atoms with Crippen molar-refractivity contribution in [2.75, 3.05) is 7.05 Å². The molecule has 0 aliphatic heterocycles. The molecular weight excluding hydrogens is 352 g/mol. The summed E-state index contributed by atoms with van der Waals surface area (Å²) in [5.41, 5.74) is 2.14. The highest BCUT2D eigenvalue weighted by Gasteiger charge is 2.15. The Bertz CT molecular complexity index is 707. The number of nitrogens with zero attached hydrogens (tertiary/aromatic N) is 2. The summed E-state index contributed by atoms with van der Waals surface area (Å²) in [5, 5.41) is 9.35. The van der Waals surface area contributed by atoms with Crippen molar-refractivity contribution in [1.82, 2.24) is 4.90 Å². The number of carbonyl (C=O) groups excluding carboxylic acids is 1. The average Bonchev–Trinajstić information content (AvgIpc) is 2.47. The number of amides is 1. The van der Waals surface area contributed by atoms with Gasteiger partial charge in [0.1, 0.15) is 0 Å². The fourth-order valence-electron chi connectivity index (χ4n) is 1.90. The predicted octanol–water partition coefficient (Wildman–Crippen LogP) is 4.25. The lowest BCUT2D eigenvalue weighted by Crippen LogP contribution is -2.26. The van der Waals surface area contributed by atoms with E-state index in [2.05, 4.69) is 22.0 Å². The van der Waals surface area contributed by atoms with E-state index in [0.717, 1.165) is 5.56 Å². The van der Waals surface area contributed by atoms with Gasteiger partial charge in [0, 0.05) is 23.1 Å². The van der Waals surface area contributed by atoms with Crippen LogP contribution in [-0.2, 0) is 6.54 Å². The standard InChI is InChI=1S/C16H12BrClN2O/c1-20(10-12-4-2-11(9-19)3-5-12)16(21)14-7-6-13(18)8-15(14)17/h2-8H,10H2,1H3. The number of halogens is 2. The maximum absolute atomic E-state index is 12.4. The number of rotatable bonds is 3. The van der Waals surface area contributed by atoms with Gasteiger partial charge in [0.05, 0.1) is 17.2 Å². The van der Waals surface area contributed by atoms with E-state index >= 15 is 0 Å². The minimum atomic E-state index is -0.0945. The van der Waals surface area contributed by atoms with Crippen LogP contribution in [0.4, 0.5) is 0 Å². The number of benzene rings is 2. The summed E-state index contributed by atoms with van der Waals surface area (Å²) in [7, 11) is 1.74. The van der Waals surface area contributed by atoms with Gasteiger partial charge in [0.25, 0.3) is 5.91 Å². The second-order valence-corrected chi connectivity index (χ2v) is 5.88. The van der Waals surface area contributed by atoms with Crippen LogP contribution in [0.3, 0.4) is 0 Å². The van der Waals surface area contributed by atoms with Gasteiger partial charge in [-0.15, -0.1) is 0 Å². The van der Waals surface area contributed by atoms with Crippen molar-refractivity contribution in [1.29, 1.82) is 5.26 Å².